The number of primary amides is 1. The Morgan fingerprint density at radius 3 is 2.58 bits per heavy atom. The third-order valence-corrected chi connectivity index (χ3v) is 2.73. The van der Waals surface area contributed by atoms with E-state index in [-0.39, 0.29) is 25.4 Å². The predicted molar refractivity (Wildman–Crippen MR) is 84.1 cm³/mol. The van der Waals surface area contributed by atoms with Crippen LogP contribution in [0.3, 0.4) is 0 Å². The van der Waals surface area contributed by atoms with Crippen LogP contribution in [0.2, 0.25) is 0 Å². The first-order valence-corrected chi connectivity index (χ1v) is 6.88. The van der Waals surface area contributed by atoms with Crippen LogP contribution in [-0.4, -0.2) is 45.9 Å². The number of rotatable bonds is 9. The molecule has 1 aromatic carbocycles. The van der Waals surface area contributed by atoms with Gasteiger partial charge < -0.3 is 24.7 Å². The number of hydrogen-bond acceptors (Lipinski definition) is 7. The zero-order valence-electron chi connectivity index (χ0n) is 13.4. The van der Waals surface area contributed by atoms with E-state index < -0.39 is 11.9 Å². The maximum atomic E-state index is 11.8. The highest BCUT2D eigenvalue weighted by Gasteiger charge is 2.12. The molecule has 24 heavy (non-hydrogen) atoms. The van der Waals surface area contributed by atoms with Gasteiger partial charge in [0.05, 0.1) is 13.7 Å². The lowest BCUT2D eigenvalue weighted by Crippen LogP contribution is -2.20. The van der Waals surface area contributed by atoms with Crippen LogP contribution in [0, 0.1) is 11.3 Å². The smallest absolute Gasteiger partial charge is 0.348 e. The average molecular weight is 334 g/mol. The third kappa shape index (κ3) is 5.98. The monoisotopic (exact) mass is 334 g/mol. The molecule has 0 aromatic heterocycles. The normalized spacial score (nSPS) is 10.6. The minimum absolute atomic E-state index is 0.0531. The molecule has 8 nitrogen and oxygen atoms in total. The fourth-order valence-electron chi connectivity index (χ4n) is 1.64. The van der Waals surface area contributed by atoms with E-state index in [0.29, 0.717) is 17.1 Å². The minimum atomic E-state index is -0.748. The average Bonchev–Trinajstić information content (AvgIpc) is 2.58. The second kappa shape index (κ2) is 9.86. The summed E-state index contributed by atoms with van der Waals surface area (Å²) in [5.41, 5.74) is 5.38. The van der Waals surface area contributed by atoms with E-state index in [9.17, 15) is 9.59 Å². The summed E-state index contributed by atoms with van der Waals surface area (Å²) >= 11 is 0. The van der Waals surface area contributed by atoms with Gasteiger partial charge in [0.1, 0.15) is 18.2 Å². The lowest BCUT2D eigenvalue weighted by atomic mass is 10.1. The van der Waals surface area contributed by atoms with Crippen LogP contribution in [0.5, 0.6) is 11.5 Å². The van der Waals surface area contributed by atoms with Crippen molar-refractivity contribution < 1.29 is 28.5 Å². The molecule has 0 saturated heterocycles. The molecule has 0 aliphatic heterocycles. The van der Waals surface area contributed by atoms with Crippen molar-refractivity contribution in [2.24, 2.45) is 5.73 Å². The van der Waals surface area contributed by atoms with Crippen LogP contribution < -0.4 is 15.2 Å². The van der Waals surface area contributed by atoms with E-state index >= 15 is 0 Å². The lowest BCUT2D eigenvalue weighted by Gasteiger charge is -2.10. The number of hydrogen-bond donors (Lipinski definition) is 1. The van der Waals surface area contributed by atoms with E-state index in [1.165, 1.54) is 20.3 Å². The number of benzene rings is 1. The number of methoxy groups -OCH3 is 2. The van der Waals surface area contributed by atoms with Gasteiger partial charge >= 0.3 is 5.97 Å². The molecule has 0 saturated carbocycles. The summed E-state index contributed by atoms with van der Waals surface area (Å²) in [6.45, 7) is 0.00254. The first-order chi connectivity index (χ1) is 11.5. The molecule has 0 spiro atoms. The van der Waals surface area contributed by atoms with Crippen molar-refractivity contribution in [3.8, 4) is 17.6 Å². The highest BCUT2D eigenvalue weighted by atomic mass is 16.6. The molecule has 0 aliphatic rings. The zero-order valence-corrected chi connectivity index (χ0v) is 13.4. The molecule has 0 heterocycles. The molecule has 2 N–H and O–H groups in total. The summed E-state index contributed by atoms with van der Waals surface area (Å²) in [5.74, 6) is -0.723. The van der Waals surface area contributed by atoms with E-state index in [4.69, 9.17) is 29.9 Å². The van der Waals surface area contributed by atoms with E-state index in [1.807, 2.05) is 0 Å². The Hall–Kier alpha value is -3.05. The molecule has 1 amide bonds. The Morgan fingerprint density at radius 1 is 1.25 bits per heavy atom. The lowest BCUT2D eigenvalue weighted by molar-refractivity contribution is -0.139. The van der Waals surface area contributed by atoms with Gasteiger partial charge in [-0.2, -0.15) is 5.26 Å². The number of esters is 1. The Balaban J connectivity index is 2.93. The zero-order chi connectivity index (χ0) is 17.9. The number of nitrogens with zero attached hydrogens (tertiary/aromatic N) is 1. The van der Waals surface area contributed by atoms with Crippen LogP contribution in [0.25, 0.3) is 6.08 Å². The van der Waals surface area contributed by atoms with Crippen LogP contribution in [0.1, 0.15) is 5.56 Å². The Morgan fingerprint density at radius 2 is 2.00 bits per heavy atom. The molecule has 1 rings (SSSR count). The number of carbonyl (C=O) groups is 2. The van der Waals surface area contributed by atoms with Gasteiger partial charge in [-0.05, 0) is 23.8 Å². The van der Waals surface area contributed by atoms with Gasteiger partial charge in [0.25, 0.3) is 5.91 Å². The number of amides is 1. The van der Waals surface area contributed by atoms with Crippen molar-refractivity contribution in [2.45, 2.75) is 0 Å². The molecule has 0 radical (unpaired) electrons. The van der Waals surface area contributed by atoms with Gasteiger partial charge in [0, 0.05) is 7.11 Å². The maximum absolute atomic E-state index is 11.8. The summed E-state index contributed by atoms with van der Waals surface area (Å²) in [5, 5.41) is 9.08. The van der Waals surface area contributed by atoms with Crippen LogP contribution in [-0.2, 0) is 19.1 Å². The summed E-state index contributed by atoms with van der Waals surface area (Å²) in [4.78, 5) is 22.5. The summed E-state index contributed by atoms with van der Waals surface area (Å²) in [7, 11) is 2.90. The Kier molecular flexibility index (Phi) is 7.81. The molecule has 0 bridgehead atoms. The van der Waals surface area contributed by atoms with E-state index in [1.54, 1.807) is 24.3 Å². The van der Waals surface area contributed by atoms with Crippen molar-refractivity contribution in [3.63, 3.8) is 0 Å². The van der Waals surface area contributed by atoms with Crippen LogP contribution >= 0.6 is 0 Å². The van der Waals surface area contributed by atoms with Gasteiger partial charge in [-0.3, -0.25) is 4.79 Å². The molecule has 128 valence electrons. The van der Waals surface area contributed by atoms with Gasteiger partial charge in [0.2, 0.25) is 0 Å². The second-order valence-electron chi connectivity index (χ2n) is 4.46. The SMILES string of the molecule is COCCOC(=O)/C(C#N)=C/c1ccc(OCC(N)=O)c(OC)c1. The number of nitriles is 1. The topological polar surface area (TPSA) is 121 Å². The van der Waals surface area contributed by atoms with Crippen LogP contribution in [0.4, 0.5) is 0 Å². The van der Waals surface area contributed by atoms with Crippen LogP contribution in [0.15, 0.2) is 23.8 Å². The Labute approximate surface area is 139 Å². The summed E-state index contributed by atoms with van der Waals surface area (Å²) in [6, 6.07) is 6.47. The Bertz CT molecular complexity index is 663. The molecular weight excluding hydrogens is 316 g/mol. The number of nitrogens with two attached hydrogens (primary N) is 1. The van der Waals surface area contributed by atoms with E-state index in [0.717, 1.165) is 0 Å². The standard InChI is InChI=1S/C16H18N2O6/c1-21-5-6-23-16(20)12(9-17)7-11-3-4-13(14(8-11)22-2)24-10-15(18)19/h3-4,7-8H,5-6,10H2,1-2H3,(H2,18,19)/b12-7+. The highest BCUT2D eigenvalue weighted by Crippen LogP contribution is 2.29. The maximum Gasteiger partial charge on any atom is 0.348 e. The minimum Gasteiger partial charge on any atom is -0.493 e. The van der Waals surface area contributed by atoms with Gasteiger partial charge in [-0.25, -0.2) is 4.79 Å². The molecule has 0 fully saturated rings. The fourth-order valence-corrected chi connectivity index (χ4v) is 1.64. The molecule has 8 heteroatoms. The predicted octanol–water partition coefficient (Wildman–Crippen LogP) is 0.656. The largest absolute Gasteiger partial charge is 0.493 e. The van der Waals surface area contributed by atoms with Crippen molar-refractivity contribution >= 4 is 18.0 Å². The number of carbonyl (C=O) groups excluding carboxylic acids is 2. The quantitative estimate of drug-likeness (QED) is 0.305. The van der Waals surface area contributed by atoms with E-state index in [2.05, 4.69) is 0 Å². The second-order valence-corrected chi connectivity index (χ2v) is 4.46. The molecular formula is C16H18N2O6. The number of ether oxygens (including phenoxy) is 4. The van der Waals surface area contributed by atoms with Gasteiger partial charge in [-0.1, -0.05) is 6.07 Å². The summed E-state index contributed by atoms with van der Waals surface area (Å²) < 4.78 is 20.0. The van der Waals surface area contributed by atoms with Gasteiger partial charge in [0.15, 0.2) is 18.1 Å². The van der Waals surface area contributed by atoms with Crippen molar-refractivity contribution in [3.05, 3.63) is 29.3 Å². The van der Waals surface area contributed by atoms with Crippen molar-refractivity contribution in [1.29, 1.82) is 5.26 Å². The van der Waals surface area contributed by atoms with Crippen molar-refractivity contribution in [2.75, 3.05) is 34.0 Å². The molecule has 0 atom stereocenters. The third-order valence-electron chi connectivity index (χ3n) is 2.73. The molecule has 1 aromatic rings. The highest BCUT2D eigenvalue weighted by molar-refractivity contribution is 5.98. The van der Waals surface area contributed by atoms with Crippen molar-refractivity contribution in [1.82, 2.24) is 0 Å². The molecule has 0 unspecified atom stereocenters. The first-order valence-electron chi connectivity index (χ1n) is 6.88. The first kappa shape index (κ1) is 19.0. The van der Waals surface area contributed by atoms with Gasteiger partial charge in [-0.15, -0.1) is 0 Å². The fraction of sp³-hybridized carbons (Fsp3) is 0.312. The molecule has 0 aliphatic carbocycles. The summed E-state index contributed by atoms with van der Waals surface area (Å²) in [6.07, 6.45) is 1.36.